The van der Waals surface area contributed by atoms with Gasteiger partial charge in [0.2, 0.25) is 11.7 Å². The Morgan fingerprint density at radius 1 is 1.47 bits per heavy atom. The van der Waals surface area contributed by atoms with E-state index >= 15 is 0 Å². The van der Waals surface area contributed by atoms with Crippen molar-refractivity contribution in [2.24, 2.45) is 5.73 Å². The lowest BCUT2D eigenvalue weighted by molar-refractivity contribution is 0.188. The minimum atomic E-state index is -0.413. The van der Waals surface area contributed by atoms with E-state index in [-0.39, 0.29) is 6.04 Å². The maximum absolute atomic E-state index is 12.8. The van der Waals surface area contributed by atoms with E-state index in [1.165, 1.54) is 12.1 Å². The van der Waals surface area contributed by atoms with Crippen molar-refractivity contribution in [3.05, 3.63) is 30.0 Å². The summed E-state index contributed by atoms with van der Waals surface area (Å²) in [5.41, 5.74) is 6.36. The van der Waals surface area contributed by atoms with Crippen LogP contribution in [-0.2, 0) is 4.74 Å². The van der Waals surface area contributed by atoms with Crippen LogP contribution in [0.4, 0.5) is 4.39 Å². The molecule has 2 rings (SSSR count). The number of halogens is 1. The highest BCUT2D eigenvalue weighted by Crippen LogP contribution is 2.18. The third kappa shape index (κ3) is 3.55. The van der Waals surface area contributed by atoms with E-state index in [0.717, 1.165) is 12.6 Å². The van der Waals surface area contributed by atoms with Crippen molar-refractivity contribution in [3.63, 3.8) is 0 Å². The smallest absolute Gasteiger partial charge is 0.243 e. The van der Waals surface area contributed by atoms with Gasteiger partial charge in [-0.25, -0.2) is 9.37 Å². The molecule has 2 aromatic heterocycles. The molecule has 1 unspecified atom stereocenters. The fourth-order valence-corrected chi connectivity index (χ4v) is 1.57. The van der Waals surface area contributed by atoms with Gasteiger partial charge in [-0.1, -0.05) is 5.16 Å². The minimum absolute atomic E-state index is 0.303. The highest BCUT2D eigenvalue weighted by Gasteiger charge is 2.16. The van der Waals surface area contributed by atoms with Crippen molar-refractivity contribution in [1.82, 2.24) is 15.1 Å². The fourth-order valence-electron chi connectivity index (χ4n) is 1.57. The second kappa shape index (κ2) is 6.35. The fraction of sp³-hybridized carbons (Fsp3) is 0.417. The molecule has 102 valence electrons. The maximum Gasteiger partial charge on any atom is 0.243 e. The van der Waals surface area contributed by atoms with Crippen molar-refractivity contribution in [1.29, 1.82) is 0 Å². The van der Waals surface area contributed by atoms with Crippen LogP contribution < -0.4 is 5.73 Å². The Bertz CT molecular complexity index is 515. The van der Waals surface area contributed by atoms with E-state index < -0.39 is 5.82 Å². The first kappa shape index (κ1) is 13.6. The van der Waals surface area contributed by atoms with Crippen LogP contribution in [0.25, 0.3) is 11.5 Å². The molecule has 7 heteroatoms. The first-order chi connectivity index (χ1) is 9.20. The molecule has 2 aromatic rings. The average Bonchev–Trinajstić information content (AvgIpc) is 2.89. The second-order valence-electron chi connectivity index (χ2n) is 4.06. The van der Waals surface area contributed by atoms with Gasteiger partial charge in [0.15, 0.2) is 0 Å². The second-order valence-corrected chi connectivity index (χ2v) is 4.06. The summed E-state index contributed by atoms with van der Waals surface area (Å²) in [6.45, 7) is 0.633. The third-order valence-corrected chi connectivity index (χ3v) is 2.58. The maximum atomic E-state index is 12.8. The summed E-state index contributed by atoms with van der Waals surface area (Å²) in [6, 6.07) is 2.44. The molecule has 0 aromatic carbocycles. The number of hydrogen-bond acceptors (Lipinski definition) is 6. The summed E-state index contributed by atoms with van der Waals surface area (Å²) in [5, 5.41) is 3.78. The van der Waals surface area contributed by atoms with Gasteiger partial charge < -0.3 is 15.0 Å². The molecule has 1 atom stereocenters. The summed E-state index contributed by atoms with van der Waals surface area (Å²) in [4.78, 5) is 8.04. The summed E-state index contributed by atoms with van der Waals surface area (Å²) >= 11 is 0. The molecule has 0 aliphatic heterocycles. The molecule has 0 amide bonds. The number of aromatic nitrogens is 3. The molecule has 0 fully saturated rings. The zero-order chi connectivity index (χ0) is 13.7. The Hall–Kier alpha value is -1.86. The van der Waals surface area contributed by atoms with Gasteiger partial charge in [0.05, 0.1) is 12.2 Å². The van der Waals surface area contributed by atoms with Gasteiger partial charge in [0.1, 0.15) is 11.5 Å². The van der Waals surface area contributed by atoms with E-state index in [1.54, 1.807) is 7.11 Å². The Balaban J connectivity index is 2.04. The van der Waals surface area contributed by atoms with Crippen LogP contribution in [0, 0.1) is 5.82 Å². The first-order valence-corrected chi connectivity index (χ1v) is 5.90. The number of methoxy groups -OCH3 is 1. The van der Waals surface area contributed by atoms with Gasteiger partial charge in [-0.3, -0.25) is 0 Å². The molecule has 2 N–H and O–H groups in total. The van der Waals surface area contributed by atoms with Crippen LogP contribution in [0.5, 0.6) is 0 Å². The monoisotopic (exact) mass is 266 g/mol. The lowest BCUT2D eigenvalue weighted by Gasteiger charge is -2.04. The number of nitrogens with zero attached hydrogens (tertiary/aromatic N) is 3. The SMILES string of the molecule is COCCCC(N)c1nc(-c2ccc(F)cn2)no1. The van der Waals surface area contributed by atoms with Crippen LogP contribution in [0.2, 0.25) is 0 Å². The van der Waals surface area contributed by atoms with Crippen LogP contribution in [0.1, 0.15) is 24.8 Å². The van der Waals surface area contributed by atoms with Crippen LogP contribution in [0.15, 0.2) is 22.9 Å². The number of rotatable bonds is 6. The molecule has 0 aliphatic carbocycles. The van der Waals surface area contributed by atoms with Crippen LogP contribution in [0.3, 0.4) is 0 Å². The van der Waals surface area contributed by atoms with E-state index in [2.05, 4.69) is 15.1 Å². The summed E-state index contributed by atoms with van der Waals surface area (Å²) in [6.07, 6.45) is 2.60. The molecule has 0 spiro atoms. The largest absolute Gasteiger partial charge is 0.385 e. The third-order valence-electron chi connectivity index (χ3n) is 2.58. The Morgan fingerprint density at radius 2 is 2.32 bits per heavy atom. The van der Waals surface area contributed by atoms with Gasteiger partial charge >= 0.3 is 0 Å². The van der Waals surface area contributed by atoms with Gasteiger partial charge in [-0.15, -0.1) is 0 Å². The first-order valence-electron chi connectivity index (χ1n) is 5.90. The van der Waals surface area contributed by atoms with E-state index in [4.69, 9.17) is 15.0 Å². The summed E-state index contributed by atoms with van der Waals surface area (Å²) in [7, 11) is 1.64. The molecule has 0 saturated carbocycles. The van der Waals surface area contributed by atoms with Gasteiger partial charge in [-0.2, -0.15) is 4.98 Å². The van der Waals surface area contributed by atoms with Crippen molar-refractivity contribution >= 4 is 0 Å². The Labute approximate surface area is 109 Å². The molecule has 0 radical (unpaired) electrons. The standard InChI is InChI=1S/C12H15FN4O2/c1-18-6-2-3-9(14)12-16-11(17-19-12)10-5-4-8(13)7-15-10/h4-5,7,9H,2-3,6,14H2,1H3. The molecular weight excluding hydrogens is 251 g/mol. The van der Waals surface area contributed by atoms with E-state index in [9.17, 15) is 4.39 Å². The molecule has 19 heavy (non-hydrogen) atoms. The minimum Gasteiger partial charge on any atom is -0.385 e. The predicted molar refractivity (Wildman–Crippen MR) is 65.5 cm³/mol. The predicted octanol–water partition coefficient (Wildman–Crippen LogP) is 1.70. The molecule has 2 heterocycles. The quantitative estimate of drug-likeness (QED) is 0.801. The van der Waals surface area contributed by atoms with Gasteiger partial charge in [0, 0.05) is 13.7 Å². The number of nitrogens with two attached hydrogens (primary N) is 1. The van der Waals surface area contributed by atoms with Crippen molar-refractivity contribution in [3.8, 4) is 11.5 Å². The normalized spacial score (nSPS) is 12.6. The zero-order valence-corrected chi connectivity index (χ0v) is 10.5. The number of hydrogen-bond donors (Lipinski definition) is 1. The highest BCUT2D eigenvalue weighted by molar-refractivity contribution is 5.47. The number of ether oxygens (including phenoxy) is 1. The van der Waals surface area contributed by atoms with Gasteiger partial charge in [0.25, 0.3) is 0 Å². The molecule has 0 aliphatic rings. The summed E-state index contributed by atoms with van der Waals surface area (Å²) < 4.78 is 22.8. The lowest BCUT2D eigenvalue weighted by atomic mass is 10.2. The lowest BCUT2D eigenvalue weighted by Crippen LogP contribution is -2.11. The topological polar surface area (TPSA) is 87.1 Å². The number of pyridine rings is 1. The summed E-state index contributed by atoms with van der Waals surface area (Å²) in [5.74, 6) is 0.234. The van der Waals surface area contributed by atoms with Crippen molar-refractivity contribution in [2.45, 2.75) is 18.9 Å². The highest BCUT2D eigenvalue weighted by atomic mass is 19.1. The van der Waals surface area contributed by atoms with E-state index in [1.807, 2.05) is 0 Å². The molecule has 6 nitrogen and oxygen atoms in total. The molecule has 0 bridgehead atoms. The molecule has 0 saturated heterocycles. The van der Waals surface area contributed by atoms with Crippen molar-refractivity contribution in [2.75, 3.05) is 13.7 Å². The van der Waals surface area contributed by atoms with Crippen LogP contribution >= 0.6 is 0 Å². The van der Waals surface area contributed by atoms with E-state index in [0.29, 0.717) is 30.4 Å². The van der Waals surface area contributed by atoms with Gasteiger partial charge in [-0.05, 0) is 25.0 Å². The zero-order valence-electron chi connectivity index (χ0n) is 10.5. The Morgan fingerprint density at radius 3 is 3.00 bits per heavy atom. The average molecular weight is 266 g/mol. The Kier molecular flexibility index (Phi) is 4.53. The van der Waals surface area contributed by atoms with Crippen LogP contribution in [-0.4, -0.2) is 28.8 Å². The molecular formula is C12H15FN4O2. The van der Waals surface area contributed by atoms with Crippen molar-refractivity contribution < 1.29 is 13.7 Å².